The average Bonchev–Trinajstić information content (AvgIpc) is 3.46. The fourth-order valence-corrected chi connectivity index (χ4v) is 3.47. The van der Waals surface area contributed by atoms with E-state index in [9.17, 15) is 14.0 Å². The van der Waals surface area contributed by atoms with Gasteiger partial charge in [-0.15, -0.1) is 0 Å². The van der Waals surface area contributed by atoms with Gasteiger partial charge in [0.15, 0.2) is 0 Å². The first-order chi connectivity index (χ1) is 12.0. The summed E-state index contributed by atoms with van der Waals surface area (Å²) < 4.78 is 18.3. The number of benzene rings is 1. The molecule has 2 fully saturated rings. The van der Waals surface area contributed by atoms with Crippen LogP contribution in [0.3, 0.4) is 0 Å². The maximum absolute atomic E-state index is 13.5. The lowest BCUT2D eigenvalue weighted by atomic mass is 9.97. The van der Waals surface area contributed by atoms with E-state index in [2.05, 4.69) is 5.32 Å². The molecule has 1 saturated heterocycles. The van der Waals surface area contributed by atoms with Crippen LogP contribution >= 0.6 is 0 Å². The second-order valence-electron chi connectivity index (χ2n) is 7.06. The molecular formula is C19H25FN2O3. The van der Waals surface area contributed by atoms with Gasteiger partial charge in [0.1, 0.15) is 5.82 Å². The third-order valence-electron chi connectivity index (χ3n) is 5.23. The molecule has 2 amide bonds. The molecule has 1 aromatic rings. The Balaban J connectivity index is 1.62. The molecule has 5 nitrogen and oxygen atoms in total. The smallest absolute Gasteiger partial charge is 0.317 e. The topological polar surface area (TPSA) is 58.6 Å². The number of amides is 2. The van der Waals surface area contributed by atoms with Crippen LogP contribution in [0, 0.1) is 24.6 Å². The first-order valence-electron chi connectivity index (χ1n) is 8.89. The summed E-state index contributed by atoms with van der Waals surface area (Å²) in [6.07, 6.45) is 3.41. The number of aryl methyl sites for hydroxylation is 1. The zero-order valence-electron chi connectivity index (χ0n) is 14.8. The van der Waals surface area contributed by atoms with Crippen molar-refractivity contribution < 1.29 is 18.7 Å². The van der Waals surface area contributed by atoms with Crippen LogP contribution in [0.25, 0.3) is 0 Å². The molecule has 6 heteroatoms. The van der Waals surface area contributed by atoms with Crippen LogP contribution in [0.4, 0.5) is 9.18 Å². The minimum absolute atomic E-state index is 0.0786. The van der Waals surface area contributed by atoms with Crippen molar-refractivity contribution in [1.82, 2.24) is 10.2 Å². The molecule has 3 rings (SSSR count). The van der Waals surface area contributed by atoms with Gasteiger partial charge < -0.3 is 15.0 Å². The van der Waals surface area contributed by atoms with Gasteiger partial charge in [0.05, 0.1) is 19.1 Å². The minimum atomic E-state index is -0.227. The summed E-state index contributed by atoms with van der Waals surface area (Å²) in [5.41, 5.74) is 1.55. The number of methoxy groups -OCH3 is 1. The van der Waals surface area contributed by atoms with Crippen molar-refractivity contribution in [3.8, 4) is 0 Å². The number of halogens is 1. The predicted molar refractivity (Wildman–Crippen MR) is 91.4 cm³/mol. The largest absolute Gasteiger partial charge is 0.469 e. The van der Waals surface area contributed by atoms with E-state index in [1.165, 1.54) is 13.2 Å². The Morgan fingerprint density at radius 2 is 1.92 bits per heavy atom. The van der Waals surface area contributed by atoms with Crippen molar-refractivity contribution in [2.75, 3.05) is 20.2 Å². The van der Waals surface area contributed by atoms with E-state index < -0.39 is 0 Å². The Morgan fingerprint density at radius 1 is 1.24 bits per heavy atom. The number of carbonyl (C=O) groups is 2. The van der Waals surface area contributed by atoms with Gasteiger partial charge in [0.2, 0.25) is 0 Å². The number of esters is 1. The molecule has 1 atom stereocenters. The lowest BCUT2D eigenvalue weighted by molar-refractivity contribution is -0.146. The SMILES string of the molecule is COC(=O)C1CCN(C(=O)NC(c2ccc(F)c(C)c2)C2CC2)CC1. The Kier molecular flexibility index (Phi) is 5.25. The number of hydrogen-bond acceptors (Lipinski definition) is 3. The molecule has 25 heavy (non-hydrogen) atoms. The molecule has 1 heterocycles. The number of carbonyl (C=O) groups excluding carboxylic acids is 2. The highest BCUT2D eigenvalue weighted by Gasteiger charge is 2.35. The maximum Gasteiger partial charge on any atom is 0.317 e. The van der Waals surface area contributed by atoms with Crippen LogP contribution in [0.5, 0.6) is 0 Å². The fraction of sp³-hybridized carbons (Fsp3) is 0.579. The molecule has 0 spiro atoms. The Bertz CT molecular complexity index is 652. The van der Waals surface area contributed by atoms with E-state index in [4.69, 9.17) is 4.74 Å². The van der Waals surface area contributed by atoms with Crippen LogP contribution in [0.2, 0.25) is 0 Å². The van der Waals surface area contributed by atoms with Gasteiger partial charge in [-0.25, -0.2) is 9.18 Å². The summed E-state index contributed by atoms with van der Waals surface area (Å²) in [5.74, 6) is -0.123. The summed E-state index contributed by atoms with van der Waals surface area (Å²) in [4.78, 5) is 26.0. The van der Waals surface area contributed by atoms with Crippen LogP contribution in [-0.4, -0.2) is 37.1 Å². The normalized spacial score (nSPS) is 19.4. The molecule has 1 aromatic carbocycles. The van der Waals surface area contributed by atoms with Crippen LogP contribution in [-0.2, 0) is 9.53 Å². The van der Waals surface area contributed by atoms with E-state index in [1.807, 2.05) is 6.07 Å². The van der Waals surface area contributed by atoms with Gasteiger partial charge in [0, 0.05) is 13.1 Å². The Labute approximate surface area is 147 Å². The number of nitrogens with zero attached hydrogens (tertiary/aromatic N) is 1. The zero-order chi connectivity index (χ0) is 18.0. The monoisotopic (exact) mass is 348 g/mol. The first-order valence-corrected chi connectivity index (χ1v) is 8.89. The number of hydrogen-bond donors (Lipinski definition) is 1. The number of nitrogens with one attached hydrogen (secondary N) is 1. The van der Waals surface area contributed by atoms with Gasteiger partial charge in [-0.1, -0.05) is 12.1 Å². The standard InChI is InChI=1S/C19H25FN2O3/c1-12-11-15(5-6-16(12)20)17(13-3-4-13)21-19(24)22-9-7-14(8-10-22)18(23)25-2/h5-6,11,13-14,17H,3-4,7-10H2,1-2H3,(H,21,24). The van der Waals surface area contributed by atoms with E-state index in [-0.39, 0.29) is 29.8 Å². The molecule has 1 unspecified atom stereocenters. The highest BCUT2D eigenvalue weighted by Crippen LogP contribution is 2.41. The quantitative estimate of drug-likeness (QED) is 0.850. The lowest BCUT2D eigenvalue weighted by Crippen LogP contribution is -2.46. The fourth-order valence-electron chi connectivity index (χ4n) is 3.47. The first kappa shape index (κ1) is 17.7. The van der Waals surface area contributed by atoms with Gasteiger partial charge >= 0.3 is 12.0 Å². The van der Waals surface area contributed by atoms with E-state index in [0.29, 0.717) is 37.4 Å². The molecule has 136 valence electrons. The lowest BCUT2D eigenvalue weighted by Gasteiger charge is -2.32. The van der Waals surface area contributed by atoms with E-state index in [1.54, 1.807) is 17.9 Å². The predicted octanol–water partition coefficient (Wildman–Crippen LogP) is 3.18. The molecule has 2 aliphatic rings. The van der Waals surface area contributed by atoms with Gasteiger partial charge in [-0.2, -0.15) is 0 Å². The second kappa shape index (κ2) is 7.42. The maximum atomic E-state index is 13.5. The molecule has 0 radical (unpaired) electrons. The van der Waals surface area contributed by atoms with Crippen LogP contribution in [0.15, 0.2) is 18.2 Å². The molecule has 1 aliphatic carbocycles. The number of ether oxygens (including phenoxy) is 1. The van der Waals surface area contributed by atoms with E-state index >= 15 is 0 Å². The van der Waals surface area contributed by atoms with Gasteiger partial charge in [-0.05, 0) is 55.7 Å². The zero-order valence-corrected chi connectivity index (χ0v) is 14.8. The number of piperidine rings is 1. The third-order valence-corrected chi connectivity index (χ3v) is 5.23. The van der Waals surface area contributed by atoms with Gasteiger partial charge in [0.25, 0.3) is 0 Å². The van der Waals surface area contributed by atoms with Crippen molar-refractivity contribution in [3.63, 3.8) is 0 Å². The molecule has 0 bridgehead atoms. The summed E-state index contributed by atoms with van der Waals surface area (Å²) >= 11 is 0. The summed E-state index contributed by atoms with van der Waals surface area (Å²) in [7, 11) is 1.40. The molecule has 1 saturated carbocycles. The van der Waals surface area contributed by atoms with E-state index in [0.717, 1.165) is 18.4 Å². The average molecular weight is 348 g/mol. The van der Waals surface area contributed by atoms with Crippen molar-refractivity contribution >= 4 is 12.0 Å². The summed E-state index contributed by atoms with van der Waals surface area (Å²) in [6, 6.07) is 4.86. The molecular weight excluding hydrogens is 323 g/mol. The van der Waals surface area contributed by atoms with Crippen LogP contribution in [0.1, 0.15) is 42.9 Å². The highest BCUT2D eigenvalue weighted by molar-refractivity contribution is 5.76. The minimum Gasteiger partial charge on any atom is -0.469 e. The second-order valence-corrected chi connectivity index (χ2v) is 7.06. The number of likely N-dealkylation sites (tertiary alicyclic amines) is 1. The highest BCUT2D eigenvalue weighted by atomic mass is 19.1. The molecule has 1 N–H and O–H groups in total. The third kappa shape index (κ3) is 4.11. The van der Waals surface area contributed by atoms with Gasteiger partial charge in [-0.3, -0.25) is 4.79 Å². The molecule has 1 aliphatic heterocycles. The summed E-state index contributed by atoms with van der Waals surface area (Å²) in [5, 5.41) is 3.12. The Hall–Kier alpha value is -2.11. The van der Waals surface area contributed by atoms with Crippen molar-refractivity contribution in [1.29, 1.82) is 0 Å². The van der Waals surface area contributed by atoms with Crippen molar-refractivity contribution in [2.24, 2.45) is 11.8 Å². The molecule has 0 aromatic heterocycles. The van der Waals surface area contributed by atoms with Crippen LogP contribution < -0.4 is 5.32 Å². The van der Waals surface area contributed by atoms with Crippen molar-refractivity contribution in [3.05, 3.63) is 35.1 Å². The summed E-state index contributed by atoms with van der Waals surface area (Å²) in [6.45, 7) is 2.83. The van der Waals surface area contributed by atoms with Crippen molar-refractivity contribution in [2.45, 2.75) is 38.6 Å². The number of urea groups is 1. The Morgan fingerprint density at radius 3 is 2.48 bits per heavy atom. The number of rotatable bonds is 4.